The molecule has 174 valence electrons. The summed E-state index contributed by atoms with van der Waals surface area (Å²) in [6.45, 7) is 6.31. The number of carbonyl (C=O) groups is 2. The van der Waals surface area contributed by atoms with Gasteiger partial charge in [-0.2, -0.15) is 5.10 Å². The second-order valence-corrected chi connectivity index (χ2v) is 8.89. The van der Waals surface area contributed by atoms with Crippen LogP contribution in [0.4, 0.5) is 0 Å². The molecule has 4 rings (SSSR count). The number of hydrogen-bond acceptors (Lipinski definition) is 5. The van der Waals surface area contributed by atoms with Gasteiger partial charge in [0.15, 0.2) is 0 Å². The van der Waals surface area contributed by atoms with Gasteiger partial charge in [0, 0.05) is 63.7 Å². The number of hydrazone groups is 1. The van der Waals surface area contributed by atoms with Gasteiger partial charge in [-0.3, -0.25) is 19.4 Å². The predicted molar refractivity (Wildman–Crippen MR) is 130 cm³/mol. The minimum Gasteiger partial charge on any atom is -0.353 e. The lowest BCUT2D eigenvalue weighted by atomic mass is 10.0. The Morgan fingerprint density at radius 1 is 0.939 bits per heavy atom. The Balaban J connectivity index is 1.18. The van der Waals surface area contributed by atoms with Gasteiger partial charge in [0.25, 0.3) is 0 Å². The molecule has 2 heterocycles. The molecule has 1 saturated heterocycles. The first kappa shape index (κ1) is 23.4. The van der Waals surface area contributed by atoms with E-state index in [1.807, 2.05) is 18.2 Å². The minimum atomic E-state index is -0.188. The SMILES string of the molecule is O=C(CN1N=C(c2ccc(Cl)cc2)CCC1=O)NCCN1CCN(Cc2ccccc2)CC1. The van der Waals surface area contributed by atoms with E-state index in [-0.39, 0.29) is 18.4 Å². The lowest BCUT2D eigenvalue weighted by molar-refractivity contribution is -0.136. The molecular weight excluding hydrogens is 438 g/mol. The molecule has 0 aliphatic carbocycles. The molecule has 1 N–H and O–H groups in total. The lowest BCUT2D eigenvalue weighted by Crippen LogP contribution is -2.48. The number of halogens is 1. The molecule has 1 fully saturated rings. The molecule has 0 unspecified atom stereocenters. The number of nitrogens with one attached hydrogen (secondary N) is 1. The first-order chi connectivity index (χ1) is 16.1. The third kappa shape index (κ3) is 6.87. The second kappa shape index (κ2) is 11.4. The fraction of sp³-hybridized carbons (Fsp3) is 0.400. The number of nitrogens with zero attached hydrogens (tertiary/aromatic N) is 4. The van der Waals surface area contributed by atoms with Crippen LogP contribution in [-0.4, -0.2) is 78.1 Å². The highest BCUT2D eigenvalue weighted by molar-refractivity contribution is 6.30. The van der Waals surface area contributed by atoms with Crippen molar-refractivity contribution in [1.29, 1.82) is 0 Å². The van der Waals surface area contributed by atoms with Crippen LogP contribution in [0.15, 0.2) is 59.7 Å². The highest BCUT2D eigenvalue weighted by Crippen LogP contribution is 2.17. The molecule has 2 amide bonds. The highest BCUT2D eigenvalue weighted by Gasteiger charge is 2.23. The van der Waals surface area contributed by atoms with E-state index in [2.05, 4.69) is 44.5 Å². The van der Waals surface area contributed by atoms with Crippen molar-refractivity contribution < 1.29 is 9.59 Å². The summed E-state index contributed by atoms with van der Waals surface area (Å²) in [5, 5.41) is 9.30. The third-order valence-corrected chi connectivity index (χ3v) is 6.29. The highest BCUT2D eigenvalue weighted by atomic mass is 35.5. The third-order valence-electron chi connectivity index (χ3n) is 6.04. The van der Waals surface area contributed by atoms with Crippen LogP contribution in [0.3, 0.4) is 0 Å². The first-order valence-corrected chi connectivity index (χ1v) is 11.8. The number of benzene rings is 2. The van der Waals surface area contributed by atoms with Gasteiger partial charge in [0.2, 0.25) is 11.8 Å². The minimum absolute atomic E-state index is 0.0548. The van der Waals surface area contributed by atoms with Crippen LogP contribution >= 0.6 is 11.6 Å². The van der Waals surface area contributed by atoms with E-state index in [4.69, 9.17) is 11.6 Å². The zero-order valence-electron chi connectivity index (χ0n) is 18.8. The van der Waals surface area contributed by atoms with E-state index in [0.717, 1.165) is 50.5 Å². The fourth-order valence-corrected chi connectivity index (χ4v) is 4.26. The maximum absolute atomic E-state index is 12.4. The maximum atomic E-state index is 12.4. The van der Waals surface area contributed by atoms with Crippen molar-refractivity contribution in [3.63, 3.8) is 0 Å². The van der Waals surface area contributed by atoms with Crippen molar-refractivity contribution >= 4 is 29.1 Å². The lowest BCUT2D eigenvalue weighted by Gasteiger charge is -2.34. The summed E-state index contributed by atoms with van der Waals surface area (Å²) in [6.07, 6.45) is 0.914. The summed E-state index contributed by atoms with van der Waals surface area (Å²) in [6, 6.07) is 17.9. The maximum Gasteiger partial charge on any atom is 0.243 e. The van der Waals surface area contributed by atoms with Crippen LogP contribution in [0.25, 0.3) is 0 Å². The summed E-state index contributed by atoms with van der Waals surface area (Å²) in [5.74, 6) is -0.315. The van der Waals surface area contributed by atoms with Crippen LogP contribution < -0.4 is 5.32 Å². The normalized spacial score (nSPS) is 17.7. The standard InChI is InChI=1S/C25H30ClN5O2/c26-22-8-6-21(7-9-22)23-10-11-25(33)31(28-23)19-24(32)27-12-13-29-14-16-30(17-15-29)18-20-4-2-1-3-5-20/h1-9H,10-19H2,(H,27,32). The molecular formula is C25H30ClN5O2. The molecule has 0 aromatic heterocycles. The van der Waals surface area contributed by atoms with Crippen LogP contribution in [0.2, 0.25) is 5.02 Å². The van der Waals surface area contributed by atoms with Gasteiger partial charge in [0.05, 0.1) is 5.71 Å². The topological polar surface area (TPSA) is 68.2 Å². The summed E-state index contributed by atoms with van der Waals surface area (Å²) < 4.78 is 0. The van der Waals surface area contributed by atoms with Crippen LogP contribution in [0.5, 0.6) is 0 Å². The number of hydrogen-bond donors (Lipinski definition) is 1. The Morgan fingerprint density at radius 2 is 1.64 bits per heavy atom. The molecule has 2 aromatic carbocycles. The summed E-state index contributed by atoms with van der Waals surface area (Å²) in [7, 11) is 0. The molecule has 33 heavy (non-hydrogen) atoms. The monoisotopic (exact) mass is 467 g/mol. The number of piperazine rings is 1. The molecule has 2 aliphatic rings. The molecule has 2 aliphatic heterocycles. The molecule has 0 radical (unpaired) electrons. The zero-order valence-corrected chi connectivity index (χ0v) is 19.5. The van der Waals surface area contributed by atoms with Crippen molar-refractivity contribution in [2.24, 2.45) is 5.10 Å². The van der Waals surface area contributed by atoms with Crippen molar-refractivity contribution in [1.82, 2.24) is 20.1 Å². The van der Waals surface area contributed by atoms with E-state index < -0.39 is 0 Å². The average molecular weight is 468 g/mol. The van der Waals surface area contributed by atoms with Gasteiger partial charge in [-0.1, -0.05) is 54.1 Å². The van der Waals surface area contributed by atoms with Gasteiger partial charge < -0.3 is 5.32 Å². The molecule has 0 bridgehead atoms. The fourth-order valence-electron chi connectivity index (χ4n) is 4.13. The van der Waals surface area contributed by atoms with Gasteiger partial charge in [-0.05, 0) is 23.3 Å². The molecule has 0 atom stereocenters. The molecule has 0 saturated carbocycles. The Hall–Kier alpha value is -2.74. The van der Waals surface area contributed by atoms with E-state index in [1.165, 1.54) is 10.6 Å². The smallest absolute Gasteiger partial charge is 0.243 e. The molecule has 0 spiro atoms. The second-order valence-electron chi connectivity index (χ2n) is 8.46. The quantitative estimate of drug-likeness (QED) is 0.648. The Kier molecular flexibility index (Phi) is 8.10. The Morgan fingerprint density at radius 3 is 2.36 bits per heavy atom. The molecule has 8 heteroatoms. The van der Waals surface area contributed by atoms with Gasteiger partial charge in [0.1, 0.15) is 6.54 Å². The van der Waals surface area contributed by atoms with E-state index >= 15 is 0 Å². The Bertz CT molecular complexity index is 972. The zero-order chi connectivity index (χ0) is 23.0. The summed E-state index contributed by atoms with van der Waals surface area (Å²) in [5.41, 5.74) is 3.06. The summed E-state index contributed by atoms with van der Waals surface area (Å²) in [4.78, 5) is 29.5. The largest absolute Gasteiger partial charge is 0.353 e. The molecule has 2 aromatic rings. The van der Waals surface area contributed by atoms with E-state index in [0.29, 0.717) is 24.4 Å². The van der Waals surface area contributed by atoms with E-state index in [1.54, 1.807) is 12.1 Å². The number of carbonyl (C=O) groups excluding carboxylic acids is 2. The van der Waals surface area contributed by atoms with Crippen molar-refractivity contribution in [2.45, 2.75) is 19.4 Å². The number of amides is 2. The van der Waals surface area contributed by atoms with Crippen molar-refractivity contribution in [3.8, 4) is 0 Å². The van der Waals surface area contributed by atoms with Crippen LogP contribution in [0, 0.1) is 0 Å². The van der Waals surface area contributed by atoms with Gasteiger partial charge in [-0.15, -0.1) is 0 Å². The van der Waals surface area contributed by atoms with Crippen LogP contribution in [-0.2, 0) is 16.1 Å². The van der Waals surface area contributed by atoms with Crippen molar-refractivity contribution in [2.75, 3.05) is 45.8 Å². The van der Waals surface area contributed by atoms with Crippen molar-refractivity contribution in [3.05, 3.63) is 70.7 Å². The van der Waals surface area contributed by atoms with Gasteiger partial charge in [-0.25, -0.2) is 5.01 Å². The van der Waals surface area contributed by atoms with Crippen LogP contribution in [0.1, 0.15) is 24.0 Å². The van der Waals surface area contributed by atoms with E-state index in [9.17, 15) is 9.59 Å². The summed E-state index contributed by atoms with van der Waals surface area (Å²) >= 11 is 5.95. The first-order valence-electron chi connectivity index (χ1n) is 11.5. The molecule has 7 nitrogen and oxygen atoms in total. The Labute approximate surface area is 200 Å². The average Bonchev–Trinajstić information content (AvgIpc) is 2.83. The number of rotatable bonds is 8. The predicted octanol–water partition coefficient (Wildman–Crippen LogP) is 2.60. The van der Waals surface area contributed by atoms with Gasteiger partial charge >= 0.3 is 0 Å².